The zero-order valence-corrected chi connectivity index (χ0v) is 12.4. The molecule has 0 aliphatic heterocycles. The van der Waals surface area contributed by atoms with Gasteiger partial charge >= 0.3 is 0 Å². The van der Waals surface area contributed by atoms with Gasteiger partial charge in [-0.05, 0) is 18.9 Å². The normalized spacial score (nSPS) is 13.7. The van der Waals surface area contributed by atoms with Gasteiger partial charge in [0.05, 0.1) is 17.4 Å². The van der Waals surface area contributed by atoms with E-state index < -0.39 is 5.60 Å². The lowest BCUT2D eigenvalue weighted by Gasteiger charge is -2.31. The standard InChI is InChI=1S/C16H21N3O2/c1-3-16(2,21)12-19(11-13-7-5-4-6-8-13)15(20)14-9-17-18-10-14/h4-10,21H,3,11-12H2,1-2H3,(H,17,18)/t16-/m1/s1. The quantitative estimate of drug-likeness (QED) is 0.856. The molecule has 0 saturated carbocycles. The summed E-state index contributed by atoms with van der Waals surface area (Å²) in [7, 11) is 0. The fourth-order valence-corrected chi connectivity index (χ4v) is 2.08. The van der Waals surface area contributed by atoms with Gasteiger partial charge in [0.2, 0.25) is 0 Å². The highest BCUT2D eigenvalue weighted by molar-refractivity contribution is 5.93. The summed E-state index contributed by atoms with van der Waals surface area (Å²) >= 11 is 0. The Morgan fingerprint density at radius 2 is 2.10 bits per heavy atom. The Kier molecular flexibility index (Phi) is 4.75. The smallest absolute Gasteiger partial charge is 0.257 e. The molecule has 2 rings (SSSR count). The summed E-state index contributed by atoms with van der Waals surface area (Å²) in [5.74, 6) is -0.138. The van der Waals surface area contributed by atoms with Gasteiger partial charge in [-0.3, -0.25) is 9.89 Å². The molecule has 1 aromatic carbocycles. The van der Waals surface area contributed by atoms with Gasteiger partial charge in [-0.15, -0.1) is 0 Å². The van der Waals surface area contributed by atoms with Gasteiger partial charge in [0.1, 0.15) is 0 Å². The van der Waals surface area contributed by atoms with E-state index >= 15 is 0 Å². The molecule has 0 aliphatic rings. The van der Waals surface area contributed by atoms with Crippen LogP contribution in [0.1, 0.15) is 36.2 Å². The number of carbonyl (C=O) groups excluding carboxylic acids is 1. The molecule has 2 aromatic rings. The second-order valence-corrected chi connectivity index (χ2v) is 5.48. The molecule has 1 amide bonds. The van der Waals surface area contributed by atoms with Crippen LogP contribution >= 0.6 is 0 Å². The number of H-pyrrole nitrogens is 1. The third kappa shape index (κ3) is 4.16. The third-order valence-electron chi connectivity index (χ3n) is 3.54. The van der Waals surface area contributed by atoms with Crippen molar-refractivity contribution < 1.29 is 9.90 Å². The molecule has 2 N–H and O–H groups in total. The first kappa shape index (κ1) is 15.3. The predicted octanol–water partition coefficient (Wildman–Crippen LogP) is 2.21. The Hall–Kier alpha value is -2.14. The maximum absolute atomic E-state index is 12.6. The largest absolute Gasteiger partial charge is 0.388 e. The molecule has 0 spiro atoms. The number of aromatic nitrogens is 2. The Balaban J connectivity index is 2.20. The molecule has 1 heterocycles. The lowest BCUT2D eigenvalue weighted by Crippen LogP contribution is -2.43. The Morgan fingerprint density at radius 1 is 1.38 bits per heavy atom. The molecular weight excluding hydrogens is 266 g/mol. The second kappa shape index (κ2) is 6.54. The molecule has 0 bridgehead atoms. The molecule has 5 nitrogen and oxygen atoms in total. The van der Waals surface area contributed by atoms with Crippen LogP contribution in [0.15, 0.2) is 42.7 Å². The van der Waals surface area contributed by atoms with Crippen molar-refractivity contribution in [2.75, 3.05) is 6.54 Å². The topological polar surface area (TPSA) is 69.2 Å². The van der Waals surface area contributed by atoms with Crippen molar-refractivity contribution in [3.63, 3.8) is 0 Å². The van der Waals surface area contributed by atoms with E-state index in [1.807, 2.05) is 37.3 Å². The van der Waals surface area contributed by atoms with Crippen LogP contribution < -0.4 is 0 Å². The lowest BCUT2D eigenvalue weighted by molar-refractivity contribution is 0.0135. The summed E-state index contributed by atoms with van der Waals surface area (Å²) in [5.41, 5.74) is 0.618. The molecule has 0 unspecified atom stereocenters. The van der Waals surface area contributed by atoms with Crippen LogP contribution in [0.3, 0.4) is 0 Å². The van der Waals surface area contributed by atoms with E-state index in [-0.39, 0.29) is 12.5 Å². The number of nitrogens with zero attached hydrogens (tertiary/aromatic N) is 2. The molecule has 21 heavy (non-hydrogen) atoms. The molecular formula is C16H21N3O2. The van der Waals surface area contributed by atoms with Gasteiger partial charge < -0.3 is 10.0 Å². The van der Waals surface area contributed by atoms with Gasteiger partial charge in [-0.2, -0.15) is 5.10 Å². The fourth-order valence-electron chi connectivity index (χ4n) is 2.08. The zero-order chi connectivity index (χ0) is 15.3. The number of aromatic amines is 1. The first-order valence-corrected chi connectivity index (χ1v) is 7.06. The van der Waals surface area contributed by atoms with Gasteiger partial charge in [0.25, 0.3) is 5.91 Å². The Labute approximate surface area is 124 Å². The summed E-state index contributed by atoms with van der Waals surface area (Å²) in [4.78, 5) is 14.2. The Morgan fingerprint density at radius 3 is 2.67 bits per heavy atom. The maximum atomic E-state index is 12.6. The number of benzene rings is 1. The summed E-state index contributed by atoms with van der Waals surface area (Å²) in [6.45, 7) is 4.39. The van der Waals surface area contributed by atoms with Gasteiger partial charge in [-0.1, -0.05) is 37.3 Å². The highest BCUT2D eigenvalue weighted by Gasteiger charge is 2.26. The fraction of sp³-hybridized carbons (Fsp3) is 0.375. The molecule has 0 radical (unpaired) electrons. The molecule has 5 heteroatoms. The monoisotopic (exact) mass is 287 g/mol. The van der Waals surface area contributed by atoms with Crippen LogP contribution in [0.2, 0.25) is 0 Å². The van der Waals surface area contributed by atoms with Crippen molar-refractivity contribution in [2.24, 2.45) is 0 Å². The van der Waals surface area contributed by atoms with Crippen LogP contribution in [0.25, 0.3) is 0 Å². The third-order valence-corrected chi connectivity index (χ3v) is 3.54. The predicted molar refractivity (Wildman–Crippen MR) is 80.7 cm³/mol. The summed E-state index contributed by atoms with van der Waals surface area (Å²) in [5, 5.41) is 16.8. The van der Waals surface area contributed by atoms with Crippen LogP contribution in [0.4, 0.5) is 0 Å². The molecule has 0 aliphatic carbocycles. The number of carbonyl (C=O) groups is 1. The zero-order valence-electron chi connectivity index (χ0n) is 12.4. The van der Waals surface area contributed by atoms with E-state index in [0.717, 1.165) is 5.56 Å². The summed E-state index contributed by atoms with van der Waals surface area (Å²) < 4.78 is 0. The minimum absolute atomic E-state index is 0.138. The molecule has 112 valence electrons. The van der Waals surface area contributed by atoms with Gasteiger partial charge in [-0.25, -0.2) is 0 Å². The van der Waals surface area contributed by atoms with Crippen LogP contribution in [0, 0.1) is 0 Å². The highest BCUT2D eigenvalue weighted by atomic mass is 16.3. The van der Waals surface area contributed by atoms with E-state index in [4.69, 9.17) is 0 Å². The van der Waals surface area contributed by atoms with Crippen molar-refractivity contribution in [3.8, 4) is 0 Å². The number of nitrogens with one attached hydrogen (secondary N) is 1. The lowest BCUT2D eigenvalue weighted by atomic mass is 10.0. The van der Waals surface area contributed by atoms with E-state index in [1.165, 1.54) is 6.20 Å². The first-order chi connectivity index (χ1) is 10.0. The van der Waals surface area contributed by atoms with Crippen LogP contribution in [-0.4, -0.2) is 38.3 Å². The molecule has 0 fully saturated rings. The number of aliphatic hydroxyl groups is 1. The number of hydrogen-bond donors (Lipinski definition) is 2. The van der Waals surface area contributed by atoms with Crippen LogP contribution in [-0.2, 0) is 6.54 Å². The van der Waals surface area contributed by atoms with E-state index in [2.05, 4.69) is 10.2 Å². The van der Waals surface area contributed by atoms with Crippen molar-refractivity contribution in [3.05, 3.63) is 53.9 Å². The van der Waals surface area contributed by atoms with Gasteiger partial charge in [0, 0.05) is 19.3 Å². The SMILES string of the molecule is CC[C@@](C)(O)CN(Cc1ccccc1)C(=O)c1cn[nH]c1. The first-order valence-electron chi connectivity index (χ1n) is 7.06. The van der Waals surface area contributed by atoms with E-state index in [0.29, 0.717) is 18.5 Å². The number of amides is 1. The van der Waals surface area contributed by atoms with Crippen molar-refractivity contribution in [2.45, 2.75) is 32.4 Å². The second-order valence-electron chi connectivity index (χ2n) is 5.48. The van der Waals surface area contributed by atoms with Crippen molar-refractivity contribution >= 4 is 5.91 Å². The van der Waals surface area contributed by atoms with E-state index in [9.17, 15) is 9.90 Å². The average molecular weight is 287 g/mol. The average Bonchev–Trinajstić information content (AvgIpc) is 3.01. The summed E-state index contributed by atoms with van der Waals surface area (Å²) in [6.07, 6.45) is 3.65. The minimum atomic E-state index is -0.909. The minimum Gasteiger partial charge on any atom is -0.388 e. The van der Waals surface area contributed by atoms with E-state index in [1.54, 1.807) is 18.0 Å². The molecule has 1 atom stereocenters. The highest BCUT2D eigenvalue weighted by Crippen LogP contribution is 2.16. The van der Waals surface area contributed by atoms with Crippen molar-refractivity contribution in [1.29, 1.82) is 0 Å². The van der Waals surface area contributed by atoms with Crippen LogP contribution in [0.5, 0.6) is 0 Å². The maximum Gasteiger partial charge on any atom is 0.257 e. The number of hydrogen-bond acceptors (Lipinski definition) is 3. The summed E-state index contributed by atoms with van der Waals surface area (Å²) in [6, 6.07) is 9.75. The molecule has 0 saturated heterocycles. The van der Waals surface area contributed by atoms with Gasteiger partial charge in [0.15, 0.2) is 0 Å². The van der Waals surface area contributed by atoms with Crippen molar-refractivity contribution in [1.82, 2.24) is 15.1 Å². The molecule has 1 aromatic heterocycles. The number of rotatable bonds is 6. The Bertz CT molecular complexity index is 564.